The molecule has 0 unspecified atom stereocenters. The normalized spacial score (nSPS) is 11.6. The monoisotopic (exact) mass is 279 g/mol. The minimum absolute atomic E-state index is 0.0447. The number of imidazole rings is 1. The summed E-state index contributed by atoms with van der Waals surface area (Å²) in [6, 6.07) is 6.25. The third kappa shape index (κ3) is 3.14. The topological polar surface area (TPSA) is 78.0 Å². The van der Waals surface area contributed by atoms with Gasteiger partial charge in [-0.15, -0.1) is 0 Å². The van der Waals surface area contributed by atoms with E-state index in [1.807, 2.05) is 11.5 Å². The maximum atomic E-state index is 12.3. The van der Waals surface area contributed by atoms with Gasteiger partial charge in [-0.3, -0.25) is 0 Å². The Kier molecular flexibility index (Phi) is 3.90. The van der Waals surface area contributed by atoms with Gasteiger partial charge in [-0.2, -0.15) is 0 Å². The number of nitrogen functional groups attached to an aromatic ring is 1. The summed E-state index contributed by atoms with van der Waals surface area (Å²) in [7, 11) is -3.36. The van der Waals surface area contributed by atoms with Crippen molar-refractivity contribution >= 4 is 15.5 Å². The van der Waals surface area contributed by atoms with E-state index in [1.54, 1.807) is 24.7 Å². The summed E-state index contributed by atoms with van der Waals surface area (Å²) in [5.74, 6) is -0.0447. The third-order valence-electron chi connectivity index (χ3n) is 2.84. The van der Waals surface area contributed by atoms with Gasteiger partial charge in [0, 0.05) is 18.4 Å². The summed E-state index contributed by atoms with van der Waals surface area (Å²) in [5.41, 5.74) is 6.82. The summed E-state index contributed by atoms with van der Waals surface area (Å²) in [6.07, 6.45) is 4.20. The SMILES string of the molecule is CCCn1cncc1CS(=O)(=O)c1ccc(N)cc1. The number of hydrogen-bond acceptors (Lipinski definition) is 4. The molecule has 102 valence electrons. The summed E-state index contributed by atoms with van der Waals surface area (Å²) in [5, 5.41) is 0. The Bertz CT molecular complexity index is 645. The van der Waals surface area contributed by atoms with E-state index in [2.05, 4.69) is 4.98 Å². The van der Waals surface area contributed by atoms with Gasteiger partial charge in [0.2, 0.25) is 0 Å². The fraction of sp³-hybridized carbons (Fsp3) is 0.308. The molecule has 1 heterocycles. The lowest BCUT2D eigenvalue weighted by molar-refractivity contribution is 0.590. The van der Waals surface area contributed by atoms with Gasteiger partial charge in [0.05, 0.1) is 22.7 Å². The van der Waals surface area contributed by atoms with E-state index >= 15 is 0 Å². The van der Waals surface area contributed by atoms with Crippen molar-refractivity contribution in [1.82, 2.24) is 9.55 Å². The highest BCUT2D eigenvalue weighted by Crippen LogP contribution is 2.17. The van der Waals surface area contributed by atoms with E-state index in [9.17, 15) is 8.42 Å². The van der Waals surface area contributed by atoms with E-state index in [-0.39, 0.29) is 10.6 Å². The van der Waals surface area contributed by atoms with Crippen molar-refractivity contribution in [2.75, 3.05) is 5.73 Å². The molecule has 0 aliphatic carbocycles. The molecule has 19 heavy (non-hydrogen) atoms. The quantitative estimate of drug-likeness (QED) is 0.847. The molecule has 0 bridgehead atoms. The molecule has 6 heteroatoms. The van der Waals surface area contributed by atoms with Gasteiger partial charge in [-0.1, -0.05) is 6.92 Å². The number of anilines is 1. The second-order valence-electron chi connectivity index (χ2n) is 4.41. The zero-order chi connectivity index (χ0) is 13.9. The van der Waals surface area contributed by atoms with Gasteiger partial charge < -0.3 is 10.3 Å². The zero-order valence-corrected chi connectivity index (χ0v) is 11.6. The molecule has 5 nitrogen and oxygen atoms in total. The van der Waals surface area contributed by atoms with Crippen LogP contribution in [-0.2, 0) is 22.1 Å². The van der Waals surface area contributed by atoms with Crippen LogP contribution in [0.4, 0.5) is 5.69 Å². The van der Waals surface area contributed by atoms with Gasteiger partial charge in [-0.25, -0.2) is 13.4 Å². The summed E-state index contributed by atoms with van der Waals surface area (Å²) in [6.45, 7) is 2.81. The molecule has 1 aromatic heterocycles. The highest BCUT2D eigenvalue weighted by Gasteiger charge is 2.17. The molecule has 0 atom stereocenters. The maximum absolute atomic E-state index is 12.3. The lowest BCUT2D eigenvalue weighted by Gasteiger charge is -2.08. The van der Waals surface area contributed by atoms with Gasteiger partial charge in [0.15, 0.2) is 9.84 Å². The van der Waals surface area contributed by atoms with Crippen LogP contribution in [0.3, 0.4) is 0 Å². The molecule has 2 N–H and O–H groups in total. The largest absolute Gasteiger partial charge is 0.399 e. The molecule has 1 aromatic carbocycles. The smallest absolute Gasteiger partial charge is 0.184 e. The minimum Gasteiger partial charge on any atom is -0.399 e. The van der Waals surface area contributed by atoms with Crippen molar-refractivity contribution in [3.8, 4) is 0 Å². The van der Waals surface area contributed by atoms with Crippen molar-refractivity contribution in [1.29, 1.82) is 0 Å². The Balaban J connectivity index is 2.26. The molecule has 0 fully saturated rings. The van der Waals surface area contributed by atoms with Crippen LogP contribution in [0.5, 0.6) is 0 Å². The number of aryl methyl sites for hydroxylation is 1. The van der Waals surface area contributed by atoms with Gasteiger partial charge >= 0.3 is 0 Å². The second kappa shape index (κ2) is 5.44. The van der Waals surface area contributed by atoms with Crippen molar-refractivity contribution < 1.29 is 8.42 Å². The average molecular weight is 279 g/mol. The van der Waals surface area contributed by atoms with Crippen LogP contribution in [0.15, 0.2) is 41.7 Å². The van der Waals surface area contributed by atoms with E-state index in [0.29, 0.717) is 11.4 Å². The molecule has 2 rings (SSSR count). The Hall–Kier alpha value is -1.82. The number of benzene rings is 1. The van der Waals surface area contributed by atoms with E-state index in [4.69, 9.17) is 5.73 Å². The Morgan fingerprint density at radius 1 is 1.26 bits per heavy atom. The first-order chi connectivity index (χ1) is 9.03. The average Bonchev–Trinajstić information content (AvgIpc) is 2.77. The second-order valence-corrected chi connectivity index (χ2v) is 6.40. The standard InChI is InChI=1S/C13H17N3O2S/c1-2-7-16-10-15-8-12(16)9-19(17,18)13-5-3-11(14)4-6-13/h3-6,8,10H,2,7,9,14H2,1H3. The Labute approximate surface area is 113 Å². The predicted octanol–water partition coefficient (Wildman–Crippen LogP) is 1.85. The van der Waals surface area contributed by atoms with Crippen LogP contribution in [0.2, 0.25) is 0 Å². The maximum Gasteiger partial charge on any atom is 0.184 e. The molecule has 2 aromatic rings. The number of aromatic nitrogens is 2. The molecular weight excluding hydrogens is 262 g/mol. The molecule has 0 aliphatic rings. The van der Waals surface area contributed by atoms with Gasteiger partial charge in [-0.05, 0) is 30.7 Å². The zero-order valence-electron chi connectivity index (χ0n) is 10.8. The van der Waals surface area contributed by atoms with E-state index in [1.165, 1.54) is 12.1 Å². The molecule has 0 radical (unpaired) electrons. The van der Waals surface area contributed by atoms with Crippen LogP contribution in [0, 0.1) is 0 Å². The third-order valence-corrected chi connectivity index (χ3v) is 4.51. The molecule has 0 spiro atoms. The van der Waals surface area contributed by atoms with Gasteiger partial charge in [0.25, 0.3) is 0 Å². The summed E-state index contributed by atoms with van der Waals surface area (Å²) in [4.78, 5) is 4.29. The van der Waals surface area contributed by atoms with Crippen LogP contribution in [-0.4, -0.2) is 18.0 Å². The van der Waals surface area contributed by atoms with Gasteiger partial charge in [0.1, 0.15) is 0 Å². The van der Waals surface area contributed by atoms with Crippen LogP contribution >= 0.6 is 0 Å². The van der Waals surface area contributed by atoms with E-state index < -0.39 is 9.84 Å². The number of sulfone groups is 1. The molecule has 0 saturated heterocycles. The number of hydrogen-bond donors (Lipinski definition) is 1. The first-order valence-electron chi connectivity index (χ1n) is 6.10. The molecular formula is C13H17N3O2S. The fourth-order valence-electron chi connectivity index (χ4n) is 1.86. The van der Waals surface area contributed by atoms with Crippen molar-refractivity contribution in [2.45, 2.75) is 30.5 Å². The van der Waals surface area contributed by atoms with Crippen LogP contribution in [0.25, 0.3) is 0 Å². The molecule has 0 saturated carbocycles. The van der Waals surface area contributed by atoms with Crippen molar-refractivity contribution in [3.63, 3.8) is 0 Å². The highest BCUT2D eigenvalue weighted by molar-refractivity contribution is 7.90. The van der Waals surface area contributed by atoms with E-state index in [0.717, 1.165) is 13.0 Å². The van der Waals surface area contributed by atoms with Crippen molar-refractivity contribution in [3.05, 3.63) is 42.5 Å². The Morgan fingerprint density at radius 2 is 1.95 bits per heavy atom. The Morgan fingerprint density at radius 3 is 2.58 bits per heavy atom. The minimum atomic E-state index is -3.36. The van der Waals surface area contributed by atoms with Crippen molar-refractivity contribution in [2.24, 2.45) is 0 Å². The number of rotatable bonds is 5. The summed E-state index contributed by atoms with van der Waals surface area (Å²) >= 11 is 0. The number of nitrogens with two attached hydrogens (primary N) is 1. The highest BCUT2D eigenvalue weighted by atomic mass is 32.2. The molecule has 0 aliphatic heterocycles. The number of nitrogens with zero attached hydrogens (tertiary/aromatic N) is 2. The predicted molar refractivity (Wildman–Crippen MR) is 74.3 cm³/mol. The first-order valence-corrected chi connectivity index (χ1v) is 7.75. The lowest BCUT2D eigenvalue weighted by atomic mass is 10.3. The fourth-order valence-corrected chi connectivity index (χ4v) is 3.21. The molecule has 0 amide bonds. The van der Waals surface area contributed by atoms with Crippen LogP contribution < -0.4 is 5.73 Å². The lowest BCUT2D eigenvalue weighted by Crippen LogP contribution is -2.09. The first kappa shape index (κ1) is 13.6. The summed E-state index contributed by atoms with van der Waals surface area (Å²) < 4.78 is 26.4. The van der Waals surface area contributed by atoms with Crippen LogP contribution in [0.1, 0.15) is 19.0 Å².